The summed E-state index contributed by atoms with van der Waals surface area (Å²) in [7, 11) is 0. The van der Waals surface area contributed by atoms with Crippen molar-refractivity contribution in [3.63, 3.8) is 0 Å². The SMILES string of the molecule is [2H]c1c(-c2ccccc2)c([2H])c2c(oc3c([2H])c(-c4c5ccccc5c(-c5ccccc5)c5ccccc45)c([2H])c([2H])c32)c1[2H]. The molecule has 0 aliphatic heterocycles. The van der Waals surface area contributed by atoms with E-state index in [1.807, 2.05) is 72.8 Å². The van der Waals surface area contributed by atoms with Crippen molar-refractivity contribution in [2.45, 2.75) is 0 Å². The zero-order valence-corrected chi connectivity index (χ0v) is 20.8. The summed E-state index contributed by atoms with van der Waals surface area (Å²) in [5, 5.41) is 3.93. The minimum absolute atomic E-state index is 0.0210. The predicted molar refractivity (Wildman–Crippen MR) is 165 cm³/mol. The van der Waals surface area contributed by atoms with Crippen molar-refractivity contribution < 1.29 is 12.6 Å². The summed E-state index contributed by atoms with van der Waals surface area (Å²) in [6.07, 6.45) is 0. The van der Waals surface area contributed by atoms with Gasteiger partial charge >= 0.3 is 0 Å². The van der Waals surface area contributed by atoms with Crippen molar-refractivity contribution in [3.8, 4) is 33.4 Å². The Bertz CT molecular complexity index is 2430. The summed E-state index contributed by atoms with van der Waals surface area (Å²) in [6.45, 7) is 0. The second kappa shape index (κ2) is 8.72. The van der Waals surface area contributed by atoms with E-state index < -0.39 is 0 Å². The number of furan rings is 1. The van der Waals surface area contributed by atoms with Gasteiger partial charge in [0, 0.05) is 10.8 Å². The second-order valence-corrected chi connectivity index (χ2v) is 9.58. The van der Waals surface area contributed by atoms with Crippen LogP contribution in [0.1, 0.15) is 8.22 Å². The predicted octanol–water partition coefficient (Wildman–Crippen LogP) is 10.9. The van der Waals surface area contributed by atoms with Gasteiger partial charge in [-0.15, -0.1) is 0 Å². The molecule has 8 aromatic rings. The molecule has 39 heavy (non-hydrogen) atoms. The Balaban J connectivity index is 1.52. The molecule has 8 rings (SSSR count). The van der Waals surface area contributed by atoms with Crippen LogP contribution in [0.3, 0.4) is 0 Å². The van der Waals surface area contributed by atoms with Gasteiger partial charge in [-0.1, -0.05) is 121 Å². The van der Waals surface area contributed by atoms with Gasteiger partial charge in [0.2, 0.25) is 0 Å². The molecule has 7 aromatic carbocycles. The fraction of sp³-hybridized carbons (Fsp3) is 0. The molecule has 0 radical (unpaired) electrons. The third-order valence-corrected chi connectivity index (χ3v) is 7.32. The Kier molecular flexibility index (Phi) is 3.72. The summed E-state index contributed by atoms with van der Waals surface area (Å²) in [5.41, 5.74) is 3.89. The van der Waals surface area contributed by atoms with Crippen LogP contribution in [0, 0.1) is 0 Å². The Hall–Kier alpha value is -5.14. The Morgan fingerprint density at radius 2 is 0.872 bits per heavy atom. The number of hydrogen-bond donors (Lipinski definition) is 0. The number of hydrogen-bond acceptors (Lipinski definition) is 1. The van der Waals surface area contributed by atoms with Crippen molar-refractivity contribution in [1.82, 2.24) is 0 Å². The summed E-state index contributed by atoms with van der Waals surface area (Å²) >= 11 is 0. The average Bonchev–Trinajstić information content (AvgIpc) is 3.49. The summed E-state index contributed by atoms with van der Waals surface area (Å²) in [5.74, 6) is 0. The lowest BCUT2D eigenvalue weighted by Gasteiger charge is -2.17. The van der Waals surface area contributed by atoms with Crippen molar-refractivity contribution in [1.29, 1.82) is 0 Å². The number of rotatable bonds is 3. The first-order valence-corrected chi connectivity index (χ1v) is 12.9. The lowest BCUT2D eigenvalue weighted by atomic mass is 9.86. The van der Waals surface area contributed by atoms with Crippen LogP contribution >= 0.6 is 0 Å². The number of benzene rings is 7. The van der Waals surface area contributed by atoms with Crippen LogP contribution in [-0.2, 0) is 0 Å². The standard InChI is InChI=1S/C38H24O/c1-3-11-25(12-4-1)27-20-22-35-34(23-27)29-21-19-28(24-36(29)39-35)38-32-17-9-7-15-30(32)37(26-13-5-2-6-14-26)31-16-8-10-18-33(31)38/h1-24H/i19D,20D,21D,22D,23D,24D. The van der Waals surface area contributed by atoms with E-state index in [4.69, 9.17) is 8.53 Å². The molecule has 182 valence electrons. The fourth-order valence-electron chi connectivity index (χ4n) is 5.58. The molecule has 1 heteroatoms. The summed E-state index contributed by atoms with van der Waals surface area (Å²) < 4.78 is 60.8. The molecule has 0 spiro atoms. The molecule has 0 aliphatic rings. The molecule has 0 amide bonds. The second-order valence-electron chi connectivity index (χ2n) is 9.58. The Morgan fingerprint density at radius 3 is 1.49 bits per heavy atom. The summed E-state index contributed by atoms with van der Waals surface area (Å²) in [6, 6.07) is 34.2. The van der Waals surface area contributed by atoms with Crippen LogP contribution in [0.25, 0.3) is 76.9 Å². The molecule has 1 heterocycles. The van der Waals surface area contributed by atoms with E-state index in [-0.39, 0.29) is 69.3 Å². The molecule has 0 saturated carbocycles. The molecule has 1 aromatic heterocycles. The van der Waals surface area contributed by atoms with E-state index in [0.29, 0.717) is 11.1 Å². The molecule has 0 unspecified atom stereocenters. The molecule has 0 atom stereocenters. The molecular formula is C38H24O. The third kappa shape index (κ3) is 3.48. The zero-order chi connectivity index (χ0) is 31.0. The van der Waals surface area contributed by atoms with Gasteiger partial charge in [-0.2, -0.15) is 0 Å². The van der Waals surface area contributed by atoms with E-state index in [1.54, 1.807) is 24.3 Å². The molecule has 0 bridgehead atoms. The van der Waals surface area contributed by atoms with Gasteiger partial charge in [0.25, 0.3) is 0 Å². The van der Waals surface area contributed by atoms with Crippen LogP contribution in [0.4, 0.5) is 0 Å². The van der Waals surface area contributed by atoms with Gasteiger partial charge in [-0.3, -0.25) is 0 Å². The van der Waals surface area contributed by atoms with Crippen LogP contribution in [0.2, 0.25) is 0 Å². The quantitative estimate of drug-likeness (QED) is 0.219. The first-order chi connectivity index (χ1) is 21.9. The van der Waals surface area contributed by atoms with Gasteiger partial charge in [-0.05, 0) is 79.1 Å². The van der Waals surface area contributed by atoms with Crippen molar-refractivity contribution in [2.24, 2.45) is 0 Å². The maximum Gasteiger partial charge on any atom is 0.136 e. The van der Waals surface area contributed by atoms with Crippen molar-refractivity contribution >= 4 is 43.5 Å². The van der Waals surface area contributed by atoms with Gasteiger partial charge in [0.15, 0.2) is 0 Å². The Labute approximate surface area is 235 Å². The molecule has 0 saturated heterocycles. The van der Waals surface area contributed by atoms with Crippen LogP contribution in [-0.4, -0.2) is 0 Å². The van der Waals surface area contributed by atoms with E-state index in [1.165, 1.54) is 0 Å². The van der Waals surface area contributed by atoms with E-state index >= 15 is 0 Å². The first kappa shape index (κ1) is 16.7. The smallest absolute Gasteiger partial charge is 0.136 e. The molecule has 0 fully saturated rings. The first-order valence-electron chi connectivity index (χ1n) is 15.9. The molecular weight excluding hydrogens is 472 g/mol. The monoisotopic (exact) mass is 502 g/mol. The highest BCUT2D eigenvalue weighted by Gasteiger charge is 2.17. The Morgan fingerprint density at radius 1 is 0.359 bits per heavy atom. The van der Waals surface area contributed by atoms with Crippen LogP contribution < -0.4 is 0 Å². The van der Waals surface area contributed by atoms with Crippen molar-refractivity contribution in [2.75, 3.05) is 0 Å². The highest BCUT2D eigenvalue weighted by Crippen LogP contribution is 2.44. The minimum Gasteiger partial charge on any atom is -0.456 e. The molecule has 1 nitrogen and oxygen atoms in total. The highest BCUT2D eigenvalue weighted by molar-refractivity contribution is 6.22. The fourth-order valence-corrected chi connectivity index (χ4v) is 5.58. The third-order valence-electron chi connectivity index (χ3n) is 7.32. The van der Waals surface area contributed by atoms with Crippen LogP contribution in [0.5, 0.6) is 0 Å². The lowest BCUT2D eigenvalue weighted by Crippen LogP contribution is -1.90. The molecule has 0 aliphatic carbocycles. The van der Waals surface area contributed by atoms with Gasteiger partial charge < -0.3 is 4.42 Å². The minimum atomic E-state index is -0.217. The maximum absolute atomic E-state index is 9.46. The normalized spacial score (nSPS) is 13.7. The van der Waals surface area contributed by atoms with Crippen LogP contribution in [0.15, 0.2) is 150 Å². The van der Waals surface area contributed by atoms with E-state index in [2.05, 4.69) is 12.1 Å². The van der Waals surface area contributed by atoms with Gasteiger partial charge in [0.1, 0.15) is 11.2 Å². The van der Waals surface area contributed by atoms with Crippen molar-refractivity contribution in [3.05, 3.63) is 145 Å². The largest absolute Gasteiger partial charge is 0.456 e. The van der Waals surface area contributed by atoms with Gasteiger partial charge in [0.05, 0.1) is 8.22 Å². The lowest BCUT2D eigenvalue weighted by molar-refractivity contribution is 0.669. The number of fused-ring (bicyclic) bond motifs is 5. The highest BCUT2D eigenvalue weighted by atomic mass is 16.3. The zero-order valence-electron chi connectivity index (χ0n) is 26.8. The topological polar surface area (TPSA) is 13.1 Å². The summed E-state index contributed by atoms with van der Waals surface area (Å²) in [4.78, 5) is 0. The average molecular weight is 503 g/mol. The molecule has 0 N–H and O–H groups in total. The maximum atomic E-state index is 9.46. The van der Waals surface area contributed by atoms with Gasteiger partial charge in [-0.25, -0.2) is 0 Å². The van der Waals surface area contributed by atoms with E-state index in [0.717, 1.165) is 32.7 Å². The van der Waals surface area contributed by atoms with E-state index in [9.17, 15) is 4.11 Å².